The predicted octanol–water partition coefficient (Wildman–Crippen LogP) is -0.240. The molecule has 0 bridgehead atoms. The minimum absolute atomic E-state index is 0. The van der Waals surface area contributed by atoms with Gasteiger partial charge >= 0.3 is 0 Å². The second-order valence-electron chi connectivity index (χ2n) is 3.41. The van der Waals surface area contributed by atoms with Crippen molar-refractivity contribution in [3.8, 4) is 5.75 Å². The first-order chi connectivity index (χ1) is 6.81. The molecule has 1 atom stereocenters. The van der Waals surface area contributed by atoms with Gasteiger partial charge in [-0.25, -0.2) is 0 Å². The van der Waals surface area contributed by atoms with Crippen LogP contribution in [0.5, 0.6) is 5.75 Å². The highest BCUT2D eigenvalue weighted by Crippen LogP contribution is 2.21. The average molecular weight is 229 g/mol. The van der Waals surface area contributed by atoms with E-state index in [9.17, 15) is 0 Å². The fourth-order valence-electron chi connectivity index (χ4n) is 1.62. The smallest absolute Gasteiger partial charge is 0.119 e. The quantitative estimate of drug-likeness (QED) is 0.751. The van der Waals surface area contributed by atoms with Crippen molar-refractivity contribution in [3.63, 3.8) is 0 Å². The molecule has 0 spiro atoms. The number of rotatable bonds is 5. The third-order valence-electron chi connectivity index (χ3n) is 2.42. The molecule has 0 aromatic heterocycles. The van der Waals surface area contributed by atoms with Crippen molar-refractivity contribution in [3.05, 3.63) is 29.8 Å². The first kappa shape index (κ1) is 14.3. The summed E-state index contributed by atoms with van der Waals surface area (Å²) in [6.07, 6.45) is 2.34. The van der Waals surface area contributed by atoms with E-state index in [0.29, 0.717) is 6.04 Å². The van der Waals surface area contributed by atoms with Gasteiger partial charge in [0.25, 0.3) is 0 Å². The molecule has 15 heavy (non-hydrogen) atoms. The molecule has 86 valence electrons. The summed E-state index contributed by atoms with van der Waals surface area (Å²) in [6, 6.07) is 8.68. The zero-order chi connectivity index (χ0) is 10.4. The van der Waals surface area contributed by atoms with Crippen LogP contribution in [-0.2, 0) is 0 Å². The van der Waals surface area contributed by atoms with Crippen LogP contribution in [0.4, 0.5) is 0 Å². The van der Waals surface area contributed by atoms with Gasteiger partial charge in [-0.3, -0.25) is 0 Å². The molecule has 0 aliphatic carbocycles. The molecule has 3 heteroatoms. The summed E-state index contributed by atoms with van der Waals surface area (Å²) in [7, 11) is 3.70. The molecule has 0 heterocycles. The van der Waals surface area contributed by atoms with Crippen molar-refractivity contribution in [1.29, 1.82) is 0 Å². The van der Waals surface area contributed by atoms with Crippen LogP contribution in [-0.4, -0.2) is 14.2 Å². The summed E-state index contributed by atoms with van der Waals surface area (Å²) in [4.78, 5) is 0. The topological polar surface area (TPSA) is 21.3 Å². The Bertz CT molecular complexity index is 278. The minimum atomic E-state index is 0. The van der Waals surface area contributed by atoms with Gasteiger partial charge in [-0.05, 0) is 31.2 Å². The van der Waals surface area contributed by atoms with Crippen LogP contribution in [0.3, 0.4) is 0 Å². The Morgan fingerprint density at radius 2 is 2.13 bits per heavy atom. The van der Waals surface area contributed by atoms with Crippen molar-refractivity contribution in [2.24, 2.45) is 0 Å². The minimum Gasteiger partial charge on any atom is -1.00 e. The molecule has 1 N–H and O–H groups in total. The lowest BCUT2D eigenvalue weighted by Gasteiger charge is -2.16. The summed E-state index contributed by atoms with van der Waals surface area (Å²) in [5.74, 6) is 0.929. The highest BCUT2D eigenvalue weighted by molar-refractivity contribution is 5.30. The molecule has 0 saturated carbocycles. The SMILES string of the molecule is CCCC(NC)c1cccc(OC)c1.[Cl-]. The predicted molar refractivity (Wildman–Crippen MR) is 59.7 cm³/mol. The fraction of sp³-hybridized carbons (Fsp3) is 0.500. The standard InChI is InChI=1S/C12H19NO.ClH/c1-4-6-12(13-2)10-7-5-8-11(9-10)14-3;/h5,7-9,12-13H,4,6H2,1-3H3;1H/p-1. The maximum absolute atomic E-state index is 5.20. The van der Waals surface area contributed by atoms with E-state index >= 15 is 0 Å². The lowest BCUT2D eigenvalue weighted by Crippen LogP contribution is -3.00. The molecular weight excluding hydrogens is 210 g/mol. The summed E-state index contributed by atoms with van der Waals surface area (Å²) < 4.78 is 5.20. The van der Waals surface area contributed by atoms with E-state index in [2.05, 4.69) is 24.4 Å². The molecule has 0 radical (unpaired) electrons. The molecule has 0 amide bonds. The van der Waals surface area contributed by atoms with Gasteiger partial charge in [0.1, 0.15) is 5.75 Å². The first-order valence-electron chi connectivity index (χ1n) is 5.13. The zero-order valence-corrected chi connectivity index (χ0v) is 10.3. The van der Waals surface area contributed by atoms with E-state index in [1.807, 2.05) is 19.2 Å². The first-order valence-corrected chi connectivity index (χ1v) is 5.13. The molecule has 0 fully saturated rings. The lowest BCUT2D eigenvalue weighted by molar-refractivity contribution is -0.00000337. The second kappa shape index (κ2) is 7.55. The number of hydrogen-bond donors (Lipinski definition) is 1. The lowest BCUT2D eigenvalue weighted by atomic mass is 10.0. The summed E-state index contributed by atoms with van der Waals surface area (Å²) in [6.45, 7) is 2.20. The van der Waals surface area contributed by atoms with Crippen molar-refractivity contribution in [2.45, 2.75) is 25.8 Å². The highest BCUT2D eigenvalue weighted by atomic mass is 35.5. The molecule has 0 aliphatic rings. The fourth-order valence-corrected chi connectivity index (χ4v) is 1.62. The van der Waals surface area contributed by atoms with Gasteiger partial charge in [0.15, 0.2) is 0 Å². The molecule has 2 nitrogen and oxygen atoms in total. The Kier molecular flexibility index (Phi) is 7.18. The number of hydrogen-bond acceptors (Lipinski definition) is 2. The molecule has 1 unspecified atom stereocenters. The Morgan fingerprint density at radius 1 is 1.40 bits per heavy atom. The molecule has 1 rings (SSSR count). The van der Waals surface area contributed by atoms with Crippen LogP contribution in [0.25, 0.3) is 0 Å². The van der Waals surface area contributed by atoms with Crippen LogP contribution in [0.15, 0.2) is 24.3 Å². The maximum Gasteiger partial charge on any atom is 0.119 e. The number of methoxy groups -OCH3 is 1. The molecular formula is C12H19ClNO-. The molecule has 1 aromatic rings. The third-order valence-corrected chi connectivity index (χ3v) is 2.42. The second-order valence-corrected chi connectivity index (χ2v) is 3.41. The van der Waals surface area contributed by atoms with Crippen molar-refractivity contribution >= 4 is 0 Å². The zero-order valence-electron chi connectivity index (χ0n) is 9.59. The summed E-state index contributed by atoms with van der Waals surface area (Å²) in [5, 5.41) is 3.32. The average Bonchev–Trinajstić information content (AvgIpc) is 2.26. The van der Waals surface area contributed by atoms with Crippen molar-refractivity contribution in [2.75, 3.05) is 14.2 Å². The van der Waals surface area contributed by atoms with Gasteiger partial charge in [-0.2, -0.15) is 0 Å². The van der Waals surface area contributed by atoms with Crippen LogP contribution in [0, 0.1) is 0 Å². The Labute approximate surface area is 98.4 Å². The third kappa shape index (κ3) is 4.10. The summed E-state index contributed by atoms with van der Waals surface area (Å²) in [5.41, 5.74) is 1.30. The van der Waals surface area contributed by atoms with E-state index in [0.717, 1.165) is 12.2 Å². The van der Waals surface area contributed by atoms with Gasteiger partial charge in [-0.15, -0.1) is 0 Å². The Hall–Kier alpha value is -0.730. The van der Waals surface area contributed by atoms with Crippen LogP contribution in [0.1, 0.15) is 31.4 Å². The van der Waals surface area contributed by atoms with E-state index in [4.69, 9.17) is 4.74 Å². The normalized spacial score (nSPS) is 11.7. The van der Waals surface area contributed by atoms with Gasteiger partial charge in [0.2, 0.25) is 0 Å². The van der Waals surface area contributed by atoms with Gasteiger partial charge < -0.3 is 22.5 Å². The van der Waals surface area contributed by atoms with E-state index < -0.39 is 0 Å². The Balaban J connectivity index is 0.00000196. The van der Waals surface area contributed by atoms with Crippen LogP contribution < -0.4 is 22.5 Å². The van der Waals surface area contributed by atoms with Gasteiger partial charge in [0.05, 0.1) is 7.11 Å². The van der Waals surface area contributed by atoms with E-state index in [-0.39, 0.29) is 12.4 Å². The van der Waals surface area contributed by atoms with Gasteiger partial charge in [0, 0.05) is 6.04 Å². The maximum atomic E-state index is 5.20. The number of ether oxygens (including phenoxy) is 1. The van der Waals surface area contributed by atoms with Crippen LogP contribution >= 0.6 is 0 Å². The van der Waals surface area contributed by atoms with E-state index in [1.165, 1.54) is 12.0 Å². The number of halogens is 1. The number of nitrogens with one attached hydrogen (secondary N) is 1. The summed E-state index contributed by atoms with van der Waals surface area (Å²) >= 11 is 0. The molecule has 0 saturated heterocycles. The van der Waals surface area contributed by atoms with E-state index in [1.54, 1.807) is 7.11 Å². The number of benzene rings is 1. The Morgan fingerprint density at radius 3 is 2.67 bits per heavy atom. The van der Waals surface area contributed by atoms with Gasteiger partial charge in [-0.1, -0.05) is 25.5 Å². The van der Waals surface area contributed by atoms with Crippen molar-refractivity contribution < 1.29 is 17.1 Å². The molecule has 1 aromatic carbocycles. The van der Waals surface area contributed by atoms with Crippen molar-refractivity contribution in [1.82, 2.24) is 5.32 Å². The highest BCUT2D eigenvalue weighted by Gasteiger charge is 2.07. The molecule has 0 aliphatic heterocycles. The largest absolute Gasteiger partial charge is 1.00 e. The van der Waals surface area contributed by atoms with Crippen LogP contribution in [0.2, 0.25) is 0 Å². The monoisotopic (exact) mass is 228 g/mol.